The summed E-state index contributed by atoms with van der Waals surface area (Å²) >= 11 is 7.62. The fourth-order valence-corrected chi connectivity index (χ4v) is 4.53. The van der Waals surface area contributed by atoms with E-state index in [1.54, 1.807) is 11.8 Å². The van der Waals surface area contributed by atoms with E-state index >= 15 is 0 Å². The predicted molar refractivity (Wildman–Crippen MR) is 122 cm³/mol. The third-order valence-electron chi connectivity index (χ3n) is 5.09. The van der Waals surface area contributed by atoms with Gasteiger partial charge in [-0.3, -0.25) is 9.36 Å². The molecule has 0 atom stereocenters. The average molecular weight is 439 g/mol. The zero-order chi connectivity index (χ0) is 20.9. The van der Waals surface area contributed by atoms with Gasteiger partial charge in [0.1, 0.15) is 0 Å². The lowest BCUT2D eigenvalue weighted by Crippen LogP contribution is -2.27. The second-order valence-corrected chi connectivity index (χ2v) is 8.58. The van der Waals surface area contributed by atoms with Gasteiger partial charge in [0.25, 0.3) is 5.91 Å². The molecule has 0 N–H and O–H groups in total. The summed E-state index contributed by atoms with van der Waals surface area (Å²) in [6.07, 6.45) is 4.04. The van der Waals surface area contributed by atoms with Gasteiger partial charge in [-0.15, -0.1) is 16.8 Å². The first kappa shape index (κ1) is 20.7. The number of carbonyl (C=O) groups is 1. The molecule has 0 bridgehead atoms. The van der Waals surface area contributed by atoms with Crippen LogP contribution in [0.5, 0.6) is 0 Å². The maximum Gasteiger partial charge on any atom is 0.253 e. The van der Waals surface area contributed by atoms with Gasteiger partial charge in [0.2, 0.25) is 0 Å². The summed E-state index contributed by atoms with van der Waals surface area (Å²) in [5, 5.41) is 10.3. The molecular formula is C23H23ClN4OS. The monoisotopic (exact) mass is 438 g/mol. The lowest BCUT2D eigenvalue weighted by molar-refractivity contribution is 0.0793. The van der Waals surface area contributed by atoms with Gasteiger partial charge >= 0.3 is 0 Å². The van der Waals surface area contributed by atoms with Crippen LogP contribution in [0.3, 0.4) is 0 Å². The molecule has 1 amide bonds. The number of thioether (sulfide) groups is 1. The third kappa shape index (κ3) is 4.60. The Hall–Kier alpha value is -2.57. The number of hydrogen-bond acceptors (Lipinski definition) is 4. The number of hydrogen-bond donors (Lipinski definition) is 0. The molecule has 4 rings (SSSR count). The van der Waals surface area contributed by atoms with Gasteiger partial charge in [-0.1, -0.05) is 41.6 Å². The molecule has 0 spiro atoms. The highest BCUT2D eigenvalue weighted by molar-refractivity contribution is 7.98. The molecule has 3 aromatic rings. The third-order valence-corrected chi connectivity index (χ3v) is 6.38. The van der Waals surface area contributed by atoms with Gasteiger partial charge in [0, 0.05) is 41.5 Å². The van der Waals surface area contributed by atoms with Crippen LogP contribution in [0.2, 0.25) is 5.02 Å². The van der Waals surface area contributed by atoms with Crippen molar-refractivity contribution >= 4 is 29.3 Å². The van der Waals surface area contributed by atoms with E-state index < -0.39 is 0 Å². The van der Waals surface area contributed by atoms with Crippen LogP contribution in [-0.2, 0) is 12.3 Å². The molecule has 0 saturated carbocycles. The van der Waals surface area contributed by atoms with Crippen LogP contribution in [0, 0.1) is 0 Å². The summed E-state index contributed by atoms with van der Waals surface area (Å²) in [6, 6.07) is 15.5. The van der Waals surface area contributed by atoms with Crippen LogP contribution in [0.25, 0.3) is 11.4 Å². The van der Waals surface area contributed by atoms with Crippen molar-refractivity contribution in [2.24, 2.45) is 0 Å². The van der Waals surface area contributed by atoms with E-state index in [2.05, 4.69) is 16.8 Å². The number of rotatable bonds is 7. The van der Waals surface area contributed by atoms with Crippen molar-refractivity contribution in [2.45, 2.75) is 30.3 Å². The van der Waals surface area contributed by atoms with Crippen LogP contribution < -0.4 is 0 Å². The van der Waals surface area contributed by atoms with E-state index in [9.17, 15) is 4.79 Å². The standard InChI is InChI=1S/C23H23ClN4OS/c1-2-13-28-21(18-9-11-20(24)12-10-18)25-26-23(28)30-16-17-5-7-19(8-6-17)22(29)27-14-3-4-15-27/h2,5-12H,1,3-4,13-16H2. The molecule has 0 aliphatic carbocycles. The Morgan fingerprint density at radius 3 is 2.43 bits per heavy atom. The first-order valence-corrected chi connectivity index (χ1v) is 11.3. The molecule has 1 aliphatic heterocycles. The molecule has 1 aliphatic rings. The van der Waals surface area contributed by atoms with Crippen molar-refractivity contribution in [3.8, 4) is 11.4 Å². The average Bonchev–Trinajstić information content (AvgIpc) is 3.44. The van der Waals surface area contributed by atoms with Crippen molar-refractivity contribution in [3.63, 3.8) is 0 Å². The number of benzene rings is 2. The minimum absolute atomic E-state index is 0.130. The molecular weight excluding hydrogens is 416 g/mol. The fraction of sp³-hybridized carbons (Fsp3) is 0.261. The molecule has 1 aromatic heterocycles. The van der Waals surface area contributed by atoms with Crippen LogP contribution in [-0.4, -0.2) is 38.7 Å². The van der Waals surface area contributed by atoms with Crippen molar-refractivity contribution in [3.05, 3.63) is 77.3 Å². The Kier molecular flexibility index (Phi) is 6.55. The normalized spacial score (nSPS) is 13.6. The van der Waals surface area contributed by atoms with E-state index in [1.165, 1.54) is 0 Å². The van der Waals surface area contributed by atoms with Gasteiger partial charge in [0.15, 0.2) is 11.0 Å². The number of amides is 1. The second-order valence-electron chi connectivity index (χ2n) is 7.20. The molecule has 2 heterocycles. The summed E-state index contributed by atoms with van der Waals surface area (Å²) < 4.78 is 2.05. The number of likely N-dealkylation sites (tertiary alicyclic amines) is 1. The van der Waals surface area contributed by atoms with E-state index in [-0.39, 0.29) is 5.91 Å². The lowest BCUT2D eigenvalue weighted by Gasteiger charge is -2.15. The van der Waals surface area contributed by atoms with Gasteiger partial charge in [-0.05, 0) is 54.8 Å². The molecule has 5 nitrogen and oxygen atoms in total. The molecule has 2 aromatic carbocycles. The molecule has 1 saturated heterocycles. The van der Waals surface area contributed by atoms with Crippen molar-refractivity contribution < 1.29 is 4.79 Å². The molecule has 0 radical (unpaired) electrons. The quantitative estimate of drug-likeness (QED) is 0.370. The van der Waals surface area contributed by atoms with Crippen LogP contribution in [0.15, 0.2) is 66.3 Å². The van der Waals surface area contributed by atoms with Crippen molar-refractivity contribution in [2.75, 3.05) is 13.1 Å². The van der Waals surface area contributed by atoms with Gasteiger partial charge < -0.3 is 4.90 Å². The molecule has 7 heteroatoms. The maximum atomic E-state index is 12.5. The summed E-state index contributed by atoms with van der Waals surface area (Å²) in [5.74, 6) is 1.67. The zero-order valence-electron chi connectivity index (χ0n) is 16.6. The summed E-state index contributed by atoms with van der Waals surface area (Å²) in [5.41, 5.74) is 2.86. The Balaban J connectivity index is 1.46. The number of nitrogens with zero attached hydrogens (tertiary/aromatic N) is 4. The second kappa shape index (κ2) is 9.49. The predicted octanol–water partition coefficient (Wildman–Crippen LogP) is 5.31. The molecule has 30 heavy (non-hydrogen) atoms. The molecule has 1 fully saturated rings. The fourth-order valence-electron chi connectivity index (χ4n) is 3.50. The highest BCUT2D eigenvalue weighted by atomic mass is 35.5. The Morgan fingerprint density at radius 2 is 1.77 bits per heavy atom. The van der Waals surface area contributed by atoms with Gasteiger partial charge in [-0.2, -0.15) is 0 Å². The number of carbonyl (C=O) groups excluding carboxylic acids is 1. The highest BCUT2D eigenvalue weighted by Gasteiger charge is 2.19. The maximum absolute atomic E-state index is 12.5. The van der Waals surface area contributed by atoms with Crippen LogP contribution >= 0.6 is 23.4 Å². The Labute approximate surface area is 185 Å². The summed E-state index contributed by atoms with van der Waals surface area (Å²) in [4.78, 5) is 14.4. The van der Waals surface area contributed by atoms with Gasteiger partial charge in [0.05, 0.1) is 0 Å². The van der Waals surface area contributed by atoms with Crippen molar-refractivity contribution in [1.29, 1.82) is 0 Å². The largest absolute Gasteiger partial charge is 0.339 e. The smallest absolute Gasteiger partial charge is 0.253 e. The molecule has 154 valence electrons. The van der Waals surface area contributed by atoms with Crippen LogP contribution in [0.4, 0.5) is 0 Å². The Bertz CT molecular complexity index is 1020. The van der Waals surface area contributed by atoms with Crippen LogP contribution in [0.1, 0.15) is 28.8 Å². The van der Waals surface area contributed by atoms with E-state index in [1.807, 2.05) is 64.1 Å². The first-order valence-electron chi connectivity index (χ1n) is 9.97. The molecule has 0 unspecified atom stereocenters. The highest BCUT2D eigenvalue weighted by Crippen LogP contribution is 2.27. The summed E-state index contributed by atoms with van der Waals surface area (Å²) in [7, 11) is 0. The van der Waals surface area contributed by atoms with E-state index in [0.29, 0.717) is 11.6 Å². The zero-order valence-corrected chi connectivity index (χ0v) is 18.2. The Morgan fingerprint density at radius 1 is 1.07 bits per heavy atom. The lowest BCUT2D eigenvalue weighted by atomic mass is 10.1. The number of allylic oxidation sites excluding steroid dienone is 1. The number of aromatic nitrogens is 3. The van der Waals surface area contributed by atoms with E-state index in [0.717, 1.165) is 59.4 Å². The van der Waals surface area contributed by atoms with E-state index in [4.69, 9.17) is 11.6 Å². The topological polar surface area (TPSA) is 51.0 Å². The summed E-state index contributed by atoms with van der Waals surface area (Å²) in [6.45, 7) is 6.21. The first-order chi connectivity index (χ1) is 14.7. The number of halogens is 1. The van der Waals surface area contributed by atoms with Gasteiger partial charge in [-0.25, -0.2) is 0 Å². The minimum atomic E-state index is 0.130. The van der Waals surface area contributed by atoms with Crippen molar-refractivity contribution in [1.82, 2.24) is 19.7 Å². The minimum Gasteiger partial charge on any atom is -0.339 e. The SMILES string of the molecule is C=CCn1c(SCc2ccc(C(=O)N3CCCC3)cc2)nnc1-c1ccc(Cl)cc1.